The van der Waals surface area contributed by atoms with Gasteiger partial charge < -0.3 is 15.3 Å². The van der Waals surface area contributed by atoms with Crippen molar-refractivity contribution in [3.8, 4) is 0 Å². The Bertz CT molecular complexity index is 411. The summed E-state index contributed by atoms with van der Waals surface area (Å²) >= 11 is 0. The Morgan fingerprint density at radius 2 is 2.21 bits per heavy atom. The van der Waals surface area contributed by atoms with Crippen LogP contribution in [-0.2, 0) is 0 Å². The Morgan fingerprint density at radius 1 is 1.47 bits per heavy atom. The Labute approximate surface area is 113 Å². The topological polar surface area (TPSA) is 65.5 Å². The van der Waals surface area contributed by atoms with Gasteiger partial charge in [0.05, 0.1) is 5.56 Å². The minimum atomic E-state index is -0.939. The minimum absolute atomic E-state index is 0.223. The molecule has 0 aliphatic carbocycles. The first-order valence-corrected chi connectivity index (χ1v) is 6.77. The average Bonchev–Trinajstić information content (AvgIpc) is 2.41. The molecule has 1 aromatic heterocycles. The van der Waals surface area contributed by atoms with Gasteiger partial charge in [0.25, 0.3) is 0 Å². The summed E-state index contributed by atoms with van der Waals surface area (Å²) in [5.74, 6) is 0.602. The predicted molar refractivity (Wildman–Crippen MR) is 74.5 cm³/mol. The highest BCUT2D eigenvalue weighted by Gasteiger charge is 2.15. The standard InChI is InChI=1S/C14H21N3O2/c1-17-8-5-11(6-9-17)4-7-15-13-3-2-12(10-16-13)14(18)19/h2-3,10-11H,4-9H2,1H3,(H,15,16)(H,18,19). The van der Waals surface area contributed by atoms with E-state index in [1.807, 2.05) is 0 Å². The van der Waals surface area contributed by atoms with Crippen LogP contribution in [0.25, 0.3) is 0 Å². The third-order valence-corrected chi connectivity index (χ3v) is 3.71. The van der Waals surface area contributed by atoms with Crippen molar-refractivity contribution in [2.45, 2.75) is 19.3 Å². The molecule has 2 N–H and O–H groups in total. The zero-order valence-electron chi connectivity index (χ0n) is 11.3. The van der Waals surface area contributed by atoms with Gasteiger partial charge in [-0.15, -0.1) is 0 Å². The number of rotatable bonds is 5. The second kappa shape index (κ2) is 6.52. The number of hydrogen-bond donors (Lipinski definition) is 2. The largest absolute Gasteiger partial charge is 0.478 e. The van der Waals surface area contributed by atoms with Gasteiger partial charge in [-0.05, 0) is 57.5 Å². The quantitative estimate of drug-likeness (QED) is 0.849. The SMILES string of the molecule is CN1CCC(CCNc2ccc(C(=O)O)cn2)CC1. The number of carboxylic acids is 1. The van der Waals surface area contributed by atoms with Crippen LogP contribution in [0.5, 0.6) is 0 Å². The molecule has 0 spiro atoms. The second-order valence-electron chi connectivity index (χ2n) is 5.20. The molecule has 5 heteroatoms. The van der Waals surface area contributed by atoms with E-state index in [0.29, 0.717) is 0 Å². The van der Waals surface area contributed by atoms with E-state index in [9.17, 15) is 4.79 Å². The number of hydrogen-bond acceptors (Lipinski definition) is 4. The van der Waals surface area contributed by atoms with Crippen molar-refractivity contribution >= 4 is 11.8 Å². The van der Waals surface area contributed by atoms with Gasteiger partial charge in [-0.3, -0.25) is 0 Å². The first kappa shape index (κ1) is 13.8. The molecule has 0 radical (unpaired) electrons. The van der Waals surface area contributed by atoms with Gasteiger partial charge in [0.1, 0.15) is 5.82 Å². The maximum atomic E-state index is 10.7. The molecule has 0 aromatic carbocycles. The molecule has 1 aromatic rings. The molecule has 19 heavy (non-hydrogen) atoms. The van der Waals surface area contributed by atoms with Gasteiger partial charge in [-0.1, -0.05) is 0 Å². The van der Waals surface area contributed by atoms with Crippen molar-refractivity contribution in [2.24, 2.45) is 5.92 Å². The van der Waals surface area contributed by atoms with Crippen LogP contribution in [0.1, 0.15) is 29.6 Å². The fraction of sp³-hybridized carbons (Fsp3) is 0.571. The lowest BCUT2D eigenvalue weighted by Crippen LogP contribution is -2.30. The highest BCUT2D eigenvalue weighted by atomic mass is 16.4. The summed E-state index contributed by atoms with van der Waals surface area (Å²) in [6, 6.07) is 3.30. The molecular weight excluding hydrogens is 242 g/mol. The van der Waals surface area contributed by atoms with E-state index in [0.717, 1.165) is 24.7 Å². The number of carbonyl (C=O) groups is 1. The molecular formula is C14H21N3O2. The summed E-state index contributed by atoms with van der Waals surface area (Å²) < 4.78 is 0. The van der Waals surface area contributed by atoms with Crippen LogP contribution in [0.15, 0.2) is 18.3 Å². The van der Waals surface area contributed by atoms with Gasteiger partial charge >= 0.3 is 5.97 Å². The number of nitrogens with one attached hydrogen (secondary N) is 1. The van der Waals surface area contributed by atoms with Gasteiger partial charge in [0.15, 0.2) is 0 Å². The lowest BCUT2D eigenvalue weighted by Gasteiger charge is -2.28. The fourth-order valence-corrected chi connectivity index (χ4v) is 2.38. The second-order valence-corrected chi connectivity index (χ2v) is 5.20. The summed E-state index contributed by atoms with van der Waals surface area (Å²) in [7, 11) is 2.17. The molecule has 0 bridgehead atoms. The van der Waals surface area contributed by atoms with E-state index >= 15 is 0 Å². The van der Waals surface area contributed by atoms with E-state index < -0.39 is 5.97 Å². The maximum absolute atomic E-state index is 10.7. The van der Waals surface area contributed by atoms with Gasteiger partial charge in [-0.25, -0.2) is 9.78 Å². The van der Waals surface area contributed by atoms with E-state index in [-0.39, 0.29) is 5.56 Å². The Hall–Kier alpha value is -1.62. The molecule has 2 heterocycles. The number of nitrogens with zero attached hydrogens (tertiary/aromatic N) is 2. The first-order chi connectivity index (χ1) is 9.15. The summed E-state index contributed by atoms with van der Waals surface area (Å²) in [4.78, 5) is 17.2. The molecule has 1 saturated heterocycles. The summed E-state index contributed by atoms with van der Waals surface area (Å²) in [6.45, 7) is 3.28. The van der Waals surface area contributed by atoms with Crippen molar-refractivity contribution in [2.75, 3.05) is 32.0 Å². The molecule has 2 rings (SSSR count). The van der Waals surface area contributed by atoms with Crippen molar-refractivity contribution in [3.63, 3.8) is 0 Å². The first-order valence-electron chi connectivity index (χ1n) is 6.77. The van der Waals surface area contributed by atoms with Crippen molar-refractivity contribution in [1.29, 1.82) is 0 Å². The van der Waals surface area contributed by atoms with Gasteiger partial charge in [-0.2, -0.15) is 0 Å². The van der Waals surface area contributed by atoms with Gasteiger partial charge in [0.2, 0.25) is 0 Å². The number of pyridine rings is 1. The molecule has 1 aliphatic rings. The average molecular weight is 263 g/mol. The van der Waals surface area contributed by atoms with E-state index in [1.54, 1.807) is 12.1 Å². The number of piperidine rings is 1. The number of aromatic carboxylic acids is 1. The van der Waals surface area contributed by atoms with Crippen molar-refractivity contribution in [3.05, 3.63) is 23.9 Å². The Morgan fingerprint density at radius 3 is 2.79 bits per heavy atom. The third kappa shape index (κ3) is 4.21. The van der Waals surface area contributed by atoms with Crippen LogP contribution >= 0.6 is 0 Å². The van der Waals surface area contributed by atoms with Crippen molar-refractivity contribution < 1.29 is 9.90 Å². The maximum Gasteiger partial charge on any atom is 0.337 e. The fourth-order valence-electron chi connectivity index (χ4n) is 2.38. The van der Waals surface area contributed by atoms with Crippen LogP contribution in [0, 0.1) is 5.92 Å². The highest BCUT2D eigenvalue weighted by molar-refractivity contribution is 5.87. The number of carboxylic acid groups (broad SMARTS) is 1. The third-order valence-electron chi connectivity index (χ3n) is 3.71. The molecule has 0 amide bonds. The lowest BCUT2D eigenvalue weighted by molar-refractivity contribution is 0.0696. The van der Waals surface area contributed by atoms with Crippen LogP contribution in [0.4, 0.5) is 5.82 Å². The smallest absolute Gasteiger partial charge is 0.337 e. The summed E-state index contributed by atoms with van der Waals surface area (Å²) in [5.41, 5.74) is 0.223. The monoisotopic (exact) mass is 263 g/mol. The number of anilines is 1. The van der Waals surface area contributed by atoms with Crippen molar-refractivity contribution in [1.82, 2.24) is 9.88 Å². The minimum Gasteiger partial charge on any atom is -0.478 e. The van der Waals surface area contributed by atoms with Crippen LogP contribution in [0.3, 0.4) is 0 Å². The predicted octanol–water partition coefficient (Wildman–Crippen LogP) is 1.92. The van der Waals surface area contributed by atoms with Crippen LogP contribution in [0.2, 0.25) is 0 Å². The highest BCUT2D eigenvalue weighted by Crippen LogP contribution is 2.19. The van der Waals surface area contributed by atoms with Gasteiger partial charge in [0, 0.05) is 12.7 Å². The molecule has 104 valence electrons. The Kier molecular flexibility index (Phi) is 4.74. The summed E-state index contributed by atoms with van der Waals surface area (Å²) in [5, 5.41) is 12.0. The molecule has 0 atom stereocenters. The number of aromatic nitrogens is 1. The number of likely N-dealkylation sites (tertiary alicyclic amines) is 1. The summed E-state index contributed by atoms with van der Waals surface area (Å²) in [6.07, 6.45) is 5.07. The zero-order chi connectivity index (χ0) is 13.7. The Balaban J connectivity index is 1.72. The molecule has 1 aliphatic heterocycles. The van der Waals surface area contributed by atoms with Crippen LogP contribution < -0.4 is 5.32 Å². The molecule has 1 fully saturated rings. The molecule has 0 unspecified atom stereocenters. The van der Waals surface area contributed by atoms with Crippen LogP contribution in [-0.4, -0.2) is 47.6 Å². The molecule has 5 nitrogen and oxygen atoms in total. The van der Waals surface area contributed by atoms with E-state index in [1.165, 1.54) is 32.1 Å². The lowest BCUT2D eigenvalue weighted by atomic mass is 9.94. The normalized spacial score (nSPS) is 17.3. The zero-order valence-corrected chi connectivity index (χ0v) is 11.3. The van der Waals surface area contributed by atoms with E-state index in [4.69, 9.17) is 5.11 Å². The molecule has 0 saturated carbocycles. The van der Waals surface area contributed by atoms with E-state index in [2.05, 4.69) is 22.2 Å².